The SMILES string of the molecule is Cc1cccc(CN2CCC3(COCc4cnc(NCc5ccco5)nc43)C2)c1. The number of hydrogen-bond acceptors (Lipinski definition) is 6. The van der Waals surface area contributed by atoms with Gasteiger partial charge in [0.05, 0.1) is 37.1 Å². The van der Waals surface area contributed by atoms with Crippen LogP contribution >= 0.6 is 0 Å². The maximum absolute atomic E-state index is 5.97. The molecule has 0 radical (unpaired) electrons. The Labute approximate surface area is 170 Å². The second kappa shape index (κ2) is 7.61. The normalized spacial score (nSPS) is 21.4. The van der Waals surface area contributed by atoms with Crippen LogP contribution in [0.2, 0.25) is 0 Å². The molecule has 0 saturated carbocycles. The van der Waals surface area contributed by atoms with Crippen LogP contribution in [0.15, 0.2) is 53.3 Å². The van der Waals surface area contributed by atoms with Crippen molar-refractivity contribution in [2.24, 2.45) is 0 Å². The molecule has 1 spiro atoms. The maximum atomic E-state index is 5.97. The monoisotopic (exact) mass is 390 g/mol. The minimum atomic E-state index is -0.0541. The molecule has 150 valence electrons. The topological polar surface area (TPSA) is 63.4 Å². The molecule has 1 unspecified atom stereocenters. The molecule has 0 bridgehead atoms. The van der Waals surface area contributed by atoms with Gasteiger partial charge in [0.25, 0.3) is 0 Å². The van der Waals surface area contributed by atoms with Crippen LogP contribution in [0.3, 0.4) is 0 Å². The first-order chi connectivity index (χ1) is 14.2. The largest absolute Gasteiger partial charge is 0.467 e. The molecule has 1 atom stereocenters. The van der Waals surface area contributed by atoms with Crippen molar-refractivity contribution in [1.82, 2.24) is 14.9 Å². The Morgan fingerprint density at radius 1 is 1.24 bits per heavy atom. The summed E-state index contributed by atoms with van der Waals surface area (Å²) in [4.78, 5) is 11.9. The van der Waals surface area contributed by atoms with Gasteiger partial charge in [0.1, 0.15) is 5.76 Å². The zero-order valence-corrected chi connectivity index (χ0v) is 16.7. The lowest BCUT2D eigenvalue weighted by Gasteiger charge is -2.34. The number of aromatic nitrogens is 2. The highest BCUT2D eigenvalue weighted by Crippen LogP contribution is 2.39. The molecule has 4 heterocycles. The molecule has 0 aliphatic carbocycles. The fourth-order valence-electron chi connectivity index (χ4n) is 4.53. The smallest absolute Gasteiger partial charge is 0.223 e. The number of nitrogens with one attached hydrogen (secondary N) is 1. The summed E-state index contributed by atoms with van der Waals surface area (Å²) in [6.07, 6.45) is 4.65. The summed E-state index contributed by atoms with van der Waals surface area (Å²) in [7, 11) is 0. The first kappa shape index (κ1) is 18.3. The minimum Gasteiger partial charge on any atom is -0.467 e. The Bertz CT molecular complexity index is 988. The number of anilines is 1. The van der Waals surface area contributed by atoms with E-state index in [9.17, 15) is 0 Å². The standard InChI is InChI=1S/C23H26N4O2/c1-17-4-2-5-18(10-17)13-27-8-7-23(15-27)16-28-14-19-11-24-22(26-21(19)23)25-12-20-6-3-9-29-20/h2-6,9-11H,7-8,12-16H2,1H3,(H,24,25,26). The van der Waals surface area contributed by atoms with Crippen LogP contribution in [0.4, 0.5) is 5.95 Å². The van der Waals surface area contributed by atoms with Gasteiger partial charge in [-0.25, -0.2) is 9.97 Å². The summed E-state index contributed by atoms with van der Waals surface area (Å²) in [6.45, 7) is 7.02. The lowest BCUT2D eigenvalue weighted by Crippen LogP contribution is -2.40. The van der Waals surface area contributed by atoms with Gasteiger partial charge in [-0.05, 0) is 37.6 Å². The van der Waals surface area contributed by atoms with Gasteiger partial charge in [-0.3, -0.25) is 4.90 Å². The van der Waals surface area contributed by atoms with Crippen molar-refractivity contribution in [2.45, 2.75) is 38.5 Å². The van der Waals surface area contributed by atoms with E-state index in [1.165, 1.54) is 11.1 Å². The van der Waals surface area contributed by atoms with Gasteiger partial charge in [-0.1, -0.05) is 29.8 Å². The average Bonchev–Trinajstić information content (AvgIpc) is 3.38. The molecule has 6 heteroatoms. The van der Waals surface area contributed by atoms with Crippen molar-refractivity contribution in [3.63, 3.8) is 0 Å². The quantitative estimate of drug-likeness (QED) is 0.717. The maximum Gasteiger partial charge on any atom is 0.223 e. The summed E-state index contributed by atoms with van der Waals surface area (Å²) in [5, 5.41) is 3.29. The number of nitrogens with zero attached hydrogens (tertiary/aromatic N) is 3. The lowest BCUT2D eigenvalue weighted by atomic mass is 9.80. The van der Waals surface area contributed by atoms with Crippen molar-refractivity contribution in [3.8, 4) is 0 Å². The van der Waals surface area contributed by atoms with Gasteiger partial charge in [0.2, 0.25) is 5.95 Å². The summed E-state index contributed by atoms with van der Waals surface area (Å²) in [6, 6.07) is 12.6. The van der Waals surface area contributed by atoms with Crippen molar-refractivity contribution in [1.29, 1.82) is 0 Å². The fraction of sp³-hybridized carbons (Fsp3) is 0.391. The number of likely N-dealkylation sites (tertiary alicyclic amines) is 1. The number of ether oxygens (including phenoxy) is 1. The summed E-state index contributed by atoms with van der Waals surface area (Å²) in [5.41, 5.74) is 4.87. The molecule has 0 amide bonds. The summed E-state index contributed by atoms with van der Waals surface area (Å²) < 4.78 is 11.4. The highest BCUT2D eigenvalue weighted by molar-refractivity contribution is 5.37. The van der Waals surface area contributed by atoms with Gasteiger partial charge in [0, 0.05) is 24.8 Å². The zero-order chi connectivity index (χ0) is 19.7. The van der Waals surface area contributed by atoms with E-state index in [4.69, 9.17) is 14.1 Å². The minimum absolute atomic E-state index is 0.0541. The predicted octanol–water partition coefficient (Wildman–Crippen LogP) is 3.66. The van der Waals surface area contributed by atoms with E-state index < -0.39 is 0 Å². The molecular formula is C23H26N4O2. The Morgan fingerprint density at radius 3 is 3.07 bits per heavy atom. The number of hydrogen-bond donors (Lipinski definition) is 1. The van der Waals surface area contributed by atoms with Crippen molar-refractivity contribution in [3.05, 3.63) is 77.0 Å². The van der Waals surface area contributed by atoms with Crippen LogP contribution in [0, 0.1) is 6.92 Å². The van der Waals surface area contributed by atoms with Gasteiger partial charge < -0.3 is 14.5 Å². The van der Waals surface area contributed by atoms with Crippen LogP contribution in [-0.4, -0.2) is 34.6 Å². The number of furan rings is 1. The number of aryl methyl sites for hydroxylation is 1. The van der Waals surface area contributed by atoms with E-state index in [0.29, 0.717) is 19.1 Å². The van der Waals surface area contributed by atoms with E-state index >= 15 is 0 Å². The average molecular weight is 390 g/mol. The second-order valence-electron chi connectivity index (χ2n) is 8.22. The molecule has 2 aliphatic heterocycles. The molecular weight excluding hydrogens is 364 g/mol. The van der Waals surface area contributed by atoms with E-state index in [1.807, 2.05) is 18.3 Å². The Kier molecular flexibility index (Phi) is 4.81. The van der Waals surface area contributed by atoms with Gasteiger partial charge in [0.15, 0.2) is 0 Å². The van der Waals surface area contributed by atoms with E-state index in [0.717, 1.165) is 49.7 Å². The van der Waals surface area contributed by atoms with E-state index in [2.05, 4.69) is 46.4 Å². The fourth-order valence-corrected chi connectivity index (χ4v) is 4.53. The predicted molar refractivity (Wildman–Crippen MR) is 110 cm³/mol. The first-order valence-corrected chi connectivity index (χ1v) is 10.2. The molecule has 6 nitrogen and oxygen atoms in total. The highest BCUT2D eigenvalue weighted by Gasteiger charge is 2.44. The third-order valence-corrected chi connectivity index (χ3v) is 5.93. The van der Waals surface area contributed by atoms with Gasteiger partial charge in [-0.2, -0.15) is 0 Å². The first-order valence-electron chi connectivity index (χ1n) is 10.2. The van der Waals surface area contributed by atoms with Crippen LogP contribution in [0.25, 0.3) is 0 Å². The molecule has 29 heavy (non-hydrogen) atoms. The Balaban J connectivity index is 1.34. The summed E-state index contributed by atoms with van der Waals surface area (Å²) in [5.74, 6) is 1.52. The highest BCUT2D eigenvalue weighted by atomic mass is 16.5. The molecule has 5 rings (SSSR count). The zero-order valence-electron chi connectivity index (χ0n) is 16.7. The van der Waals surface area contributed by atoms with Crippen molar-refractivity contribution in [2.75, 3.05) is 25.0 Å². The number of benzene rings is 1. The molecule has 1 N–H and O–H groups in total. The van der Waals surface area contributed by atoms with Crippen LogP contribution in [0.1, 0.15) is 34.6 Å². The van der Waals surface area contributed by atoms with Crippen LogP contribution in [0.5, 0.6) is 0 Å². The molecule has 1 aromatic carbocycles. The van der Waals surface area contributed by atoms with Gasteiger partial charge >= 0.3 is 0 Å². The molecule has 3 aromatic rings. The number of rotatable bonds is 5. The Hall–Kier alpha value is -2.70. The second-order valence-corrected chi connectivity index (χ2v) is 8.22. The summed E-state index contributed by atoms with van der Waals surface area (Å²) >= 11 is 0. The molecule has 2 aromatic heterocycles. The van der Waals surface area contributed by atoms with E-state index in [-0.39, 0.29) is 5.41 Å². The molecule has 1 fully saturated rings. The molecule has 2 aliphatic rings. The third-order valence-electron chi connectivity index (χ3n) is 5.93. The van der Waals surface area contributed by atoms with Crippen LogP contribution in [-0.2, 0) is 29.8 Å². The number of fused-ring (bicyclic) bond motifs is 2. The Morgan fingerprint density at radius 2 is 2.21 bits per heavy atom. The van der Waals surface area contributed by atoms with Gasteiger partial charge in [-0.15, -0.1) is 0 Å². The van der Waals surface area contributed by atoms with Crippen LogP contribution < -0.4 is 5.32 Å². The van der Waals surface area contributed by atoms with Crippen molar-refractivity contribution < 1.29 is 9.15 Å². The van der Waals surface area contributed by atoms with Crippen molar-refractivity contribution >= 4 is 5.95 Å². The van der Waals surface area contributed by atoms with E-state index in [1.54, 1.807) is 6.26 Å². The molecule has 1 saturated heterocycles. The third kappa shape index (κ3) is 3.78. The lowest BCUT2D eigenvalue weighted by molar-refractivity contribution is 0.0503.